The molecule has 0 saturated heterocycles. The van der Waals surface area contributed by atoms with Crippen LogP contribution in [0, 0.1) is 5.82 Å². The first-order valence-electron chi connectivity index (χ1n) is 6.16. The third-order valence-corrected chi connectivity index (χ3v) is 2.70. The van der Waals surface area contributed by atoms with E-state index in [1.165, 1.54) is 12.1 Å². The van der Waals surface area contributed by atoms with Crippen LogP contribution >= 0.6 is 0 Å². The minimum Gasteiger partial charge on any atom is -0.496 e. The van der Waals surface area contributed by atoms with Gasteiger partial charge in [-0.3, -0.25) is 0 Å². The van der Waals surface area contributed by atoms with Crippen LogP contribution in [0.4, 0.5) is 4.39 Å². The van der Waals surface area contributed by atoms with Crippen LogP contribution < -0.4 is 4.74 Å². The van der Waals surface area contributed by atoms with E-state index in [1.807, 2.05) is 0 Å². The number of halogens is 1. The van der Waals surface area contributed by atoms with Gasteiger partial charge in [0.25, 0.3) is 0 Å². The van der Waals surface area contributed by atoms with Gasteiger partial charge in [0.05, 0.1) is 26.4 Å². The van der Waals surface area contributed by atoms with Gasteiger partial charge in [0.2, 0.25) is 0 Å². The zero-order chi connectivity index (χ0) is 13.4. The molecule has 0 spiro atoms. The Kier molecular flexibility index (Phi) is 6.68. The molecule has 0 amide bonds. The van der Waals surface area contributed by atoms with E-state index in [0.717, 1.165) is 18.4 Å². The molecular weight excluding hydrogens is 235 g/mol. The molecule has 1 aromatic carbocycles. The summed E-state index contributed by atoms with van der Waals surface area (Å²) in [7, 11) is 3.20. The normalized spacial score (nSPS) is 12.4. The van der Waals surface area contributed by atoms with Crippen molar-refractivity contribution in [2.75, 3.05) is 27.4 Å². The molecule has 0 unspecified atom stereocenters. The quantitative estimate of drug-likeness (QED) is 0.668. The van der Waals surface area contributed by atoms with E-state index >= 15 is 0 Å². The molecule has 0 radical (unpaired) electrons. The third kappa shape index (κ3) is 4.27. The zero-order valence-electron chi connectivity index (χ0n) is 11.2. The molecule has 0 aliphatic carbocycles. The molecule has 0 N–H and O–H groups in total. The molecule has 1 aromatic rings. The Hall–Kier alpha value is -1.13. The molecule has 0 aromatic heterocycles. The van der Waals surface area contributed by atoms with E-state index in [4.69, 9.17) is 14.2 Å². The predicted molar refractivity (Wildman–Crippen MR) is 68.4 cm³/mol. The second-order valence-corrected chi connectivity index (χ2v) is 4.03. The summed E-state index contributed by atoms with van der Waals surface area (Å²) in [5.41, 5.74) is 0.760. The molecule has 0 saturated carbocycles. The molecule has 4 heteroatoms. The molecule has 0 heterocycles. The fourth-order valence-electron chi connectivity index (χ4n) is 1.82. The molecule has 1 rings (SSSR count). The van der Waals surface area contributed by atoms with Crippen molar-refractivity contribution in [3.05, 3.63) is 29.6 Å². The first-order valence-corrected chi connectivity index (χ1v) is 6.16. The highest BCUT2D eigenvalue weighted by atomic mass is 19.1. The molecule has 0 aliphatic rings. The topological polar surface area (TPSA) is 27.7 Å². The van der Waals surface area contributed by atoms with Crippen molar-refractivity contribution in [3.8, 4) is 5.75 Å². The van der Waals surface area contributed by atoms with Gasteiger partial charge >= 0.3 is 0 Å². The van der Waals surface area contributed by atoms with Crippen molar-refractivity contribution in [2.24, 2.45) is 0 Å². The summed E-state index contributed by atoms with van der Waals surface area (Å²) in [5, 5.41) is 0. The lowest BCUT2D eigenvalue weighted by Crippen LogP contribution is -2.10. The standard InChI is InChI=1S/C14H21FO3/c1-4-5-14(18-9-8-16-2)12-10-11(15)6-7-13(12)17-3/h6-7,10,14H,4-5,8-9H2,1-3H3/t14-/m0/s1. The van der Waals surface area contributed by atoms with Gasteiger partial charge < -0.3 is 14.2 Å². The maximum absolute atomic E-state index is 13.3. The van der Waals surface area contributed by atoms with Gasteiger partial charge in [-0.15, -0.1) is 0 Å². The number of methoxy groups -OCH3 is 2. The molecule has 1 atom stereocenters. The van der Waals surface area contributed by atoms with Gasteiger partial charge in [-0.25, -0.2) is 4.39 Å². The van der Waals surface area contributed by atoms with Gasteiger partial charge in [0.1, 0.15) is 11.6 Å². The zero-order valence-corrected chi connectivity index (χ0v) is 11.2. The van der Waals surface area contributed by atoms with Crippen molar-refractivity contribution in [2.45, 2.75) is 25.9 Å². The molecule has 18 heavy (non-hydrogen) atoms. The van der Waals surface area contributed by atoms with Gasteiger partial charge in [-0.1, -0.05) is 13.3 Å². The number of hydrogen-bond donors (Lipinski definition) is 0. The lowest BCUT2D eigenvalue weighted by molar-refractivity contribution is 0.0105. The Morgan fingerprint density at radius 3 is 2.61 bits per heavy atom. The predicted octanol–water partition coefficient (Wildman–Crippen LogP) is 3.34. The summed E-state index contributed by atoms with van der Waals surface area (Å²) in [6.07, 6.45) is 1.62. The first kappa shape index (κ1) is 14.9. The molecule has 0 aliphatic heterocycles. The van der Waals surface area contributed by atoms with Crippen LogP contribution in [-0.4, -0.2) is 27.4 Å². The van der Waals surface area contributed by atoms with Crippen LogP contribution in [-0.2, 0) is 9.47 Å². The highest BCUT2D eigenvalue weighted by Gasteiger charge is 2.17. The molecule has 0 fully saturated rings. The van der Waals surface area contributed by atoms with E-state index in [-0.39, 0.29) is 11.9 Å². The van der Waals surface area contributed by atoms with Crippen LogP contribution in [0.1, 0.15) is 31.4 Å². The lowest BCUT2D eigenvalue weighted by Gasteiger charge is -2.20. The number of rotatable bonds is 8. The number of hydrogen-bond acceptors (Lipinski definition) is 3. The van der Waals surface area contributed by atoms with Crippen LogP contribution in [0.3, 0.4) is 0 Å². The van der Waals surface area contributed by atoms with Crippen LogP contribution in [0.2, 0.25) is 0 Å². The second-order valence-electron chi connectivity index (χ2n) is 4.03. The summed E-state index contributed by atoms with van der Waals surface area (Å²) in [6, 6.07) is 4.50. The maximum atomic E-state index is 13.3. The second kappa shape index (κ2) is 8.06. The van der Waals surface area contributed by atoms with Crippen molar-refractivity contribution >= 4 is 0 Å². The fraction of sp³-hybridized carbons (Fsp3) is 0.571. The highest BCUT2D eigenvalue weighted by molar-refractivity contribution is 5.35. The Balaban J connectivity index is 2.85. The van der Waals surface area contributed by atoms with Crippen LogP contribution in [0.25, 0.3) is 0 Å². The van der Waals surface area contributed by atoms with Gasteiger partial charge in [0, 0.05) is 12.7 Å². The average Bonchev–Trinajstić information content (AvgIpc) is 2.38. The summed E-state index contributed by atoms with van der Waals surface area (Å²) < 4.78 is 29.3. The van der Waals surface area contributed by atoms with E-state index in [2.05, 4.69) is 6.92 Å². The third-order valence-electron chi connectivity index (χ3n) is 2.70. The smallest absolute Gasteiger partial charge is 0.124 e. The van der Waals surface area contributed by atoms with E-state index in [0.29, 0.717) is 19.0 Å². The summed E-state index contributed by atoms with van der Waals surface area (Å²) in [4.78, 5) is 0. The molecule has 0 bridgehead atoms. The lowest BCUT2D eigenvalue weighted by atomic mass is 10.0. The Morgan fingerprint density at radius 1 is 1.22 bits per heavy atom. The molecule has 102 valence electrons. The van der Waals surface area contributed by atoms with E-state index in [9.17, 15) is 4.39 Å². The minimum absolute atomic E-state index is 0.157. The van der Waals surface area contributed by atoms with Crippen LogP contribution in [0.15, 0.2) is 18.2 Å². The van der Waals surface area contributed by atoms with Gasteiger partial charge in [0.15, 0.2) is 0 Å². The monoisotopic (exact) mass is 256 g/mol. The van der Waals surface area contributed by atoms with Crippen molar-refractivity contribution in [3.63, 3.8) is 0 Å². The Bertz CT molecular complexity index is 355. The van der Waals surface area contributed by atoms with Crippen molar-refractivity contribution in [1.29, 1.82) is 0 Å². The number of benzene rings is 1. The average molecular weight is 256 g/mol. The van der Waals surface area contributed by atoms with E-state index < -0.39 is 0 Å². The summed E-state index contributed by atoms with van der Waals surface area (Å²) in [5.74, 6) is 0.384. The largest absolute Gasteiger partial charge is 0.496 e. The van der Waals surface area contributed by atoms with Gasteiger partial charge in [-0.05, 0) is 24.6 Å². The summed E-state index contributed by atoms with van der Waals surface area (Å²) in [6.45, 7) is 3.08. The van der Waals surface area contributed by atoms with Crippen LogP contribution in [0.5, 0.6) is 5.75 Å². The SMILES string of the molecule is CCC[C@H](OCCOC)c1cc(F)ccc1OC. The fourth-order valence-corrected chi connectivity index (χ4v) is 1.82. The highest BCUT2D eigenvalue weighted by Crippen LogP contribution is 2.31. The first-order chi connectivity index (χ1) is 8.72. The maximum Gasteiger partial charge on any atom is 0.124 e. The minimum atomic E-state index is -0.276. The van der Waals surface area contributed by atoms with Crippen molar-refractivity contribution in [1.82, 2.24) is 0 Å². The van der Waals surface area contributed by atoms with Crippen molar-refractivity contribution < 1.29 is 18.6 Å². The molecule has 3 nitrogen and oxygen atoms in total. The Labute approximate surface area is 108 Å². The van der Waals surface area contributed by atoms with Gasteiger partial charge in [-0.2, -0.15) is 0 Å². The number of ether oxygens (including phenoxy) is 3. The summed E-state index contributed by atoms with van der Waals surface area (Å²) >= 11 is 0. The molecular formula is C14H21FO3. The van der Waals surface area contributed by atoms with E-state index in [1.54, 1.807) is 20.3 Å². The Morgan fingerprint density at radius 2 is 2.00 bits per heavy atom.